The van der Waals surface area contributed by atoms with E-state index in [1.807, 2.05) is 12.1 Å². The lowest BCUT2D eigenvalue weighted by molar-refractivity contribution is 0.0905. The van der Waals surface area contributed by atoms with Gasteiger partial charge in [-0.15, -0.1) is 0 Å². The Hall–Kier alpha value is -2.60. The first-order valence-corrected chi connectivity index (χ1v) is 7.62. The van der Waals surface area contributed by atoms with E-state index in [-0.39, 0.29) is 5.69 Å². The fourth-order valence-electron chi connectivity index (χ4n) is 2.84. The summed E-state index contributed by atoms with van der Waals surface area (Å²) in [5, 5.41) is 11.4. The van der Waals surface area contributed by atoms with Crippen molar-refractivity contribution < 1.29 is 9.90 Å². The molecule has 6 heteroatoms. The minimum absolute atomic E-state index is 0.163. The van der Waals surface area contributed by atoms with E-state index >= 15 is 0 Å². The van der Waals surface area contributed by atoms with E-state index in [0.717, 1.165) is 13.0 Å². The number of primary amides is 1. The van der Waals surface area contributed by atoms with Gasteiger partial charge in [-0.3, -0.25) is 4.79 Å². The molecule has 6 nitrogen and oxygen atoms in total. The Bertz CT molecular complexity index is 834. The Labute approximate surface area is 134 Å². The van der Waals surface area contributed by atoms with Gasteiger partial charge in [-0.05, 0) is 31.4 Å². The van der Waals surface area contributed by atoms with Crippen molar-refractivity contribution in [2.75, 3.05) is 0 Å². The molecule has 3 aromatic rings. The predicted octanol–water partition coefficient (Wildman–Crippen LogP) is 2.22. The molecule has 120 valence electrons. The number of imidazole rings is 1. The quantitative estimate of drug-likeness (QED) is 0.731. The van der Waals surface area contributed by atoms with Gasteiger partial charge in [0.1, 0.15) is 11.9 Å². The van der Waals surface area contributed by atoms with E-state index in [2.05, 4.69) is 34.8 Å². The van der Waals surface area contributed by atoms with Crippen LogP contribution in [-0.2, 0) is 6.54 Å². The largest absolute Gasteiger partial charge is 0.373 e. The lowest BCUT2D eigenvalue weighted by atomic mass is 10.2. The Morgan fingerprint density at radius 2 is 2.13 bits per heavy atom. The number of aryl methyl sites for hydroxylation is 2. The van der Waals surface area contributed by atoms with Crippen LogP contribution in [0, 0.1) is 6.92 Å². The van der Waals surface area contributed by atoms with Crippen LogP contribution in [0.2, 0.25) is 0 Å². The molecular formula is C17H20N4O2. The fourth-order valence-corrected chi connectivity index (χ4v) is 2.84. The van der Waals surface area contributed by atoms with Gasteiger partial charge in [-0.25, -0.2) is 4.98 Å². The maximum Gasteiger partial charge on any atom is 0.268 e. The first-order valence-electron chi connectivity index (χ1n) is 7.62. The average Bonchev–Trinajstić information content (AvgIpc) is 3.14. The summed E-state index contributed by atoms with van der Waals surface area (Å²) in [7, 11) is 0. The topological polar surface area (TPSA) is 86.1 Å². The second kappa shape index (κ2) is 6.26. The summed E-state index contributed by atoms with van der Waals surface area (Å²) in [5.41, 5.74) is 7.78. The number of aromatic nitrogens is 3. The molecule has 0 fully saturated rings. The van der Waals surface area contributed by atoms with Gasteiger partial charge in [0, 0.05) is 29.8 Å². The van der Waals surface area contributed by atoms with Crippen molar-refractivity contribution in [1.29, 1.82) is 0 Å². The summed E-state index contributed by atoms with van der Waals surface area (Å²) in [4.78, 5) is 14.9. The molecule has 0 saturated carbocycles. The number of benzene rings is 1. The number of nitrogens with zero attached hydrogens (tertiary/aromatic N) is 3. The zero-order valence-corrected chi connectivity index (χ0v) is 13.0. The second-order valence-corrected chi connectivity index (χ2v) is 5.72. The Morgan fingerprint density at radius 1 is 1.35 bits per heavy atom. The van der Waals surface area contributed by atoms with Crippen molar-refractivity contribution >= 4 is 16.8 Å². The molecule has 2 aromatic heterocycles. The molecule has 3 rings (SSSR count). The Balaban J connectivity index is 1.63. The van der Waals surface area contributed by atoms with E-state index in [9.17, 15) is 9.90 Å². The third-order valence-corrected chi connectivity index (χ3v) is 4.05. The molecule has 1 amide bonds. The molecule has 0 radical (unpaired) electrons. The van der Waals surface area contributed by atoms with Crippen molar-refractivity contribution in [3.63, 3.8) is 0 Å². The SMILES string of the molecule is Cc1cn(CCCC(O)n2cnc(C(N)=O)c2)c2ccccc12. The van der Waals surface area contributed by atoms with Crippen LogP contribution in [-0.4, -0.2) is 25.1 Å². The zero-order chi connectivity index (χ0) is 16.4. The average molecular weight is 312 g/mol. The number of nitrogens with two attached hydrogens (primary N) is 1. The fraction of sp³-hybridized carbons (Fsp3) is 0.294. The van der Waals surface area contributed by atoms with Gasteiger partial charge in [0.25, 0.3) is 5.91 Å². The van der Waals surface area contributed by atoms with E-state index in [4.69, 9.17) is 5.73 Å². The molecule has 23 heavy (non-hydrogen) atoms. The number of aliphatic hydroxyl groups is 1. The minimum Gasteiger partial charge on any atom is -0.373 e. The van der Waals surface area contributed by atoms with Gasteiger partial charge >= 0.3 is 0 Å². The maximum atomic E-state index is 11.0. The standard InChI is InChI=1S/C17H20N4O2/c1-12-9-20(15-6-3-2-5-13(12)15)8-4-7-16(22)21-10-14(17(18)23)19-11-21/h2-3,5-6,9-11,16,22H,4,7-8H2,1H3,(H2,18,23). The van der Waals surface area contributed by atoms with E-state index in [1.165, 1.54) is 33.6 Å². The first kappa shape index (κ1) is 15.3. The second-order valence-electron chi connectivity index (χ2n) is 5.72. The van der Waals surface area contributed by atoms with Crippen LogP contribution in [0.1, 0.15) is 35.1 Å². The molecule has 1 aromatic carbocycles. The Morgan fingerprint density at radius 3 is 2.87 bits per heavy atom. The van der Waals surface area contributed by atoms with Crippen molar-refractivity contribution in [3.05, 3.63) is 54.2 Å². The summed E-state index contributed by atoms with van der Waals surface area (Å²) in [6, 6.07) is 8.30. The number of para-hydroxylation sites is 1. The smallest absolute Gasteiger partial charge is 0.268 e. The molecule has 0 spiro atoms. The molecule has 0 aliphatic heterocycles. The highest BCUT2D eigenvalue weighted by Crippen LogP contribution is 2.21. The summed E-state index contributed by atoms with van der Waals surface area (Å²) in [5.74, 6) is -0.592. The molecule has 1 unspecified atom stereocenters. The number of carbonyl (C=O) groups excluding carboxylic acids is 1. The monoisotopic (exact) mass is 312 g/mol. The normalized spacial score (nSPS) is 12.6. The van der Waals surface area contributed by atoms with Gasteiger partial charge < -0.3 is 20.0 Å². The highest BCUT2D eigenvalue weighted by atomic mass is 16.3. The van der Waals surface area contributed by atoms with Crippen molar-refractivity contribution in [2.24, 2.45) is 5.73 Å². The number of aliphatic hydroxyl groups excluding tert-OH is 1. The summed E-state index contributed by atoms with van der Waals surface area (Å²) >= 11 is 0. The number of fused-ring (bicyclic) bond motifs is 1. The number of amides is 1. The van der Waals surface area contributed by atoms with Crippen LogP contribution in [0.5, 0.6) is 0 Å². The molecule has 2 heterocycles. The number of carbonyl (C=O) groups is 1. The predicted molar refractivity (Wildman–Crippen MR) is 87.9 cm³/mol. The summed E-state index contributed by atoms with van der Waals surface area (Å²) < 4.78 is 3.72. The van der Waals surface area contributed by atoms with Crippen LogP contribution < -0.4 is 5.73 Å². The van der Waals surface area contributed by atoms with Gasteiger partial charge in [0.15, 0.2) is 0 Å². The van der Waals surface area contributed by atoms with Crippen LogP contribution in [0.25, 0.3) is 10.9 Å². The lowest BCUT2D eigenvalue weighted by Crippen LogP contribution is -2.12. The molecule has 1 atom stereocenters. The van der Waals surface area contributed by atoms with Crippen LogP contribution >= 0.6 is 0 Å². The van der Waals surface area contributed by atoms with Crippen molar-refractivity contribution in [1.82, 2.24) is 14.1 Å². The minimum atomic E-state index is -0.710. The molecule has 0 bridgehead atoms. The number of rotatable bonds is 6. The third-order valence-electron chi connectivity index (χ3n) is 4.05. The van der Waals surface area contributed by atoms with E-state index in [1.54, 1.807) is 0 Å². The third kappa shape index (κ3) is 3.12. The summed E-state index contributed by atoms with van der Waals surface area (Å²) in [6.45, 7) is 2.92. The molecule has 3 N–H and O–H groups in total. The molecule has 0 aliphatic rings. The van der Waals surface area contributed by atoms with Gasteiger partial charge in [-0.2, -0.15) is 0 Å². The number of hydrogen-bond donors (Lipinski definition) is 2. The van der Waals surface area contributed by atoms with Crippen LogP contribution in [0.15, 0.2) is 43.0 Å². The highest BCUT2D eigenvalue weighted by Gasteiger charge is 2.11. The van der Waals surface area contributed by atoms with Crippen molar-refractivity contribution in [3.8, 4) is 0 Å². The Kier molecular flexibility index (Phi) is 4.16. The molecular weight excluding hydrogens is 292 g/mol. The van der Waals surface area contributed by atoms with Crippen LogP contribution in [0.4, 0.5) is 0 Å². The number of hydrogen-bond acceptors (Lipinski definition) is 3. The van der Waals surface area contributed by atoms with Gasteiger partial charge in [-0.1, -0.05) is 18.2 Å². The summed E-state index contributed by atoms with van der Waals surface area (Å²) in [6.07, 6.45) is 5.71. The first-order chi connectivity index (χ1) is 11.1. The van der Waals surface area contributed by atoms with E-state index in [0.29, 0.717) is 6.42 Å². The van der Waals surface area contributed by atoms with Crippen LogP contribution in [0.3, 0.4) is 0 Å². The highest BCUT2D eigenvalue weighted by molar-refractivity contribution is 5.90. The maximum absolute atomic E-state index is 11.0. The molecule has 0 aliphatic carbocycles. The lowest BCUT2D eigenvalue weighted by Gasteiger charge is -2.12. The van der Waals surface area contributed by atoms with Gasteiger partial charge in [0.05, 0.1) is 6.33 Å². The van der Waals surface area contributed by atoms with E-state index < -0.39 is 12.1 Å². The molecule has 0 saturated heterocycles. The zero-order valence-electron chi connectivity index (χ0n) is 13.0. The van der Waals surface area contributed by atoms with Crippen molar-refractivity contribution in [2.45, 2.75) is 32.5 Å². The van der Waals surface area contributed by atoms with Gasteiger partial charge in [0.2, 0.25) is 0 Å².